The van der Waals surface area contributed by atoms with E-state index in [1.165, 1.54) is 17.9 Å². The molecule has 1 aliphatic heterocycles. The van der Waals surface area contributed by atoms with Crippen LogP contribution in [-0.4, -0.2) is 65.3 Å². The summed E-state index contributed by atoms with van der Waals surface area (Å²) in [5.41, 5.74) is -2.54. The fourth-order valence-corrected chi connectivity index (χ4v) is 5.35. The fraction of sp³-hybridized carbons (Fsp3) is 0.500. The number of aromatic hydroxyl groups is 1. The van der Waals surface area contributed by atoms with Crippen molar-refractivity contribution in [2.24, 2.45) is 13.0 Å². The third-order valence-electron chi connectivity index (χ3n) is 6.67. The first-order valence-corrected chi connectivity index (χ1v) is 12.8. The van der Waals surface area contributed by atoms with Crippen LogP contribution < -0.4 is 4.90 Å². The van der Waals surface area contributed by atoms with Crippen LogP contribution in [0.4, 0.5) is 27.9 Å². The topological polar surface area (TPSA) is 87.4 Å². The molecule has 3 heterocycles. The molecule has 0 spiro atoms. The molecule has 1 unspecified atom stereocenters. The fourth-order valence-electron chi connectivity index (χ4n) is 4.63. The lowest BCUT2D eigenvalue weighted by Gasteiger charge is -2.40. The van der Waals surface area contributed by atoms with E-state index in [0.29, 0.717) is 31.5 Å². The lowest BCUT2D eigenvalue weighted by atomic mass is 10.0. The number of halogens is 5. The van der Waals surface area contributed by atoms with E-state index in [2.05, 4.69) is 15.1 Å². The molecule has 8 nitrogen and oxygen atoms in total. The summed E-state index contributed by atoms with van der Waals surface area (Å²) in [6.07, 6.45) is 0.998. The number of aromatic nitrogens is 4. The molecule has 1 N–H and O–H groups in total. The number of aryl methyl sites for hydroxylation is 1. The van der Waals surface area contributed by atoms with Gasteiger partial charge in [0.25, 0.3) is 0 Å². The van der Waals surface area contributed by atoms with Gasteiger partial charge in [0.15, 0.2) is 23.0 Å². The second-order valence-electron chi connectivity index (χ2n) is 9.16. The van der Waals surface area contributed by atoms with Gasteiger partial charge in [-0.2, -0.15) is 23.3 Å². The van der Waals surface area contributed by atoms with Crippen LogP contribution in [0.1, 0.15) is 24.8 Å². The van der Waals surface area contributed by atoms with Crippen LogP contribution >= 0.6 is 0 Å². The van der Waals surface area contributed by atoms with Crippen molar-refractivity contribution in [3.63, 3.8) is 0 Å². The highest BCUT2D eigenvalue weighted by Gasteiger charge is 2.39. The normalized spacial score (nSPS) is 20.3. The van der Waals surface area contributed by atoms with E-state index in [0.717, 1.165) is 19.3 Å². The Balaban J connectivity index is 1.56. The SMILES string of the molecule is Cn1nc(-c2cc(C(F)(F)F)c(F)c(O)c2F)c2cnc(N3CCN(S(C)=O)C[C@H]3CC3CC3)nc21. The predicted octanol–water partition coefficient (Wildman–Crippen LogP) is 3.62. The highest BCUT2D eigenvalue weighted by atomic mass is 32.2. The highest BCUT2D eigenvalue weighted by molar-refractivity contribution is 7.81. The van der Waals surface area contributed by atoms with E-state index in [1.54, 1.807) is 6.26 Å². The van der Waals surface area contributed by atoms with Gasteiger partial charge in [-0.25, -0.2) is 27.0 Å². The molecule has 2 atom stereocenters. The highest BCUT2D eigenvalue weighted by Crippen LogP contribution is 2.42. The number of piperazine rings is 1. The van der Waals surface area contributed by atoms with Crippen LogP contribution in [0.5, 0.6) is 5.75 Å². The molecule has 1 saturated heterocycles. The molecule has 194 valence electrons. The van der Waals surface area contributed by atoms with Crippen LogP contribution in [0.2, 0.25) is 0 Å². The molecule has 36 heavy (non-hydrogen) atoms. The molecule has 0 amide bonds. The van der Waals surface area contributed by atoms with Crippen LogP contribution in [0.15, 0.2) is 12.3 Å². The maximum atomic E-state index is 14.7. The van der Waals surface area contributed by atoms with Gasteiger partial charge in [0.2, 0.25) is 5.95 Å². The van der Waals surface area contributed by atoms with Gasteiger partial charge >= 0.3 is 6.18 Å². The van der Waals surface area contributed by atoms with E-state index in [9.17, 15) is 31.3 Å². The largest absolute Gasteiger partial charge is 0.503 e. The van der Waals surface area contributed by atoms with Crippen molar-refractivity contribution < 1.29 is 31.3 Å². The number of nitrogens with zero attached hydrogens (tertiary/aromatic N) is 6. The average molecular weight is 531 g/mol. The van der Waals surface area contributed by atoms with E-state index < -0.39 is 45.7 Å². The molecule has 2 aliphatic rings. The monoisotopic (exact) mass is 530 g/mol. The molecular weight excluding hydrogens is 507 g/mol. The Hall–Kier alpha value is -2.87. The second-order valence-corrected chi connectivity index (χ2v) is 10.5. The summed E-state index contributed by atoms with van der Waals surface area (Å²) in [7, 11) is 0.387. The molecule has 2 aromatic heterocycles. The summed E-state index contributed by atoms with van der Waals surface area (Å²) in [6.45, 7) is 1.66. The third kappa shape index (κ3) is 4.40. The zero-order valence-electron chi connectivity index (χ0n) is 19.4. The molecule has 0 radical (unpaired) electrons. The Kier molecular flexibility index (Phi) is 6.14. The minimum Gasteiger partial charge on any atom is -0.503 e. The number of benzene rings is 1. The first-order chi connectivity index (χ1) is 17.0. The summed E-state index contributed by atoms with van der Waals surface area (Å²) in [5.74, 6) is -4.41. The summed E-state index contributed by atoms with van der Waals surface area (Å²) >= 11 is 0. The Morgan fingerprint density at radius 2 is 1.92 bits per heavy atom. The van der Waals surface area contributed by atoms with Crippen molar-refractivity contribution in [1.82, 2.24) is 24.1 Å². The maximum Gasteiger partial charge on any atom is 0.419 e. The van der Waals surface area contributed by atoms with Gasteiger partial charge in [0.1, 0.15) is 5.69 Å². The van der Waals surface area contributed by atoms with E-state index in [4.69, 9.17) is 0 Å². The standard InChI is InChI=1S/C22H23F5N6O2S/c1-31-20-14(18(30-31)13-8-15(22(25,26)27)17(24)19(34)16(13)23)9-28-21(29-20)33-6-5-32(36(2)35)10-12(33)7-11-3-4-11/h8-9,11-12,34H,3-7,10H2,1-2H3/t12-,36?/m1/s1. The Morgan fingerprint density at radius 3 is 2.56 bits per heavy atom. The number of anilines is 1. The molecule has 0 bridgehead atoms. The zero-order chi connectivity index (χ0) is 25.9. The molecule has 1 aromatic carbocycles. The van der Waals surface area contributed by atoms with Crippen LogP contribution in [0.3, 0.4) is 0 Å². The van der Waals surface area contributed by atoms with Crippen molar-refractivity contribution in [1.29, 1.82) is 0 Å². The molecule has 2 fully saturated rings. The Labute approximate surface area is 205 Å². The van der Waals surface area contributed by atoms with Crippen molar-refractivity contribution in [3.05, 3.63) is 29.5 Å². The number of alkyl halides is 3. The van der Waals surface area contributed by atoms with Crippen LogP contribution in [-0.2, 0) is 24.2 Å². The van der Waals surface area contributed by atoms with Gasteiger partial charge in [-0.05, 0) is 18.4 Å². The van der Waals surface area contributed by atoms with E-state index in [-0.39, 0.29) is 28.8 Å². The van der Waals surface area contributed by atoms with Crippen molar-refractivity contribution in [2.75, 3.05) is 30.8 Å². The number of phenolic OH excluding ortho intramolecular Hbond substituents is 1. The Morgan fingerprint density at radius 1 is 1.19 bits per heavy atom. The van der Waals surface area contributed by atoms with Gasteiger partial charge < -0.3 is 10.0 Å². The number of hydrogen-bond acceptors (Lipinski definition) is 6. The van der Waals surface area contributed by atoms with Crippen molar-refractivity contribution in [3.8, 4) is 17.0 Å². The van der Waals surface area contributed by atoms with Crippen molar-refractivity contribution >= 4 is 28.0 Å². The van der Waals surface area contributed by atoms with Gasteiger partial charge in [-0.1, -0.05) is 12.8 Å². The Bertz CT molecular complexity index is 1360. The summed E-state index contributed by atoms with van der Waals surface area (Å²) in [6, 6.07) is 0.316. The quantitative estimate of drug-likeness (QED) is 0.508. The number of rotatable bonds is 5. The third-order valence-corrected chi connectivity index (χ3v) is 7.73. The minimum atomic E-state index is -5.15. The van der Waals surface area contributed by atoms with Gasteiger partial charge in [0.05, 0.1) is 21.9 Å². The first-order valence-electron chi connectivity index (χ1n) is 11.3. The van der Waals surface area contributed by atoms with Gasteiger partial charge in [-0.3, -0.25) is 0 Å². The molecule has 1 aliphatic carbocycles. The van der Waals surface area contributed by atoms with Gasteiger partial charge in [0, 0.05) is 50.7 Å². The van der Waals surface area contributed by atoms with Crippen molar-refractivity contribution in [2.45, 2.75) is 31.5 Å². The van der Waals surface area contributed by atoms with Crippen LogP contribution in [0, 0.1) is 17.6 Å². The average Bonchev–Trinajstić information content (AvgIpc) is 3.58. The molecule has 1 saturated carbocycles. The summed E-state index contributed by atoms with van der Waals surface area (Å²) in [5, 5.41) is 14.0. The molecule has 14 heteroatoms. The number of hydrogen-bond donors (Lipinski definition) is 1. The summed E-state index contributed by atoms with van der Waals surface area (Å²) < 4.78 is 83.8. The van der Waals surface area contributed by atoms with Crippen LogP contribution in [0.25, 0.3) is 22.3 Å². The van der Waals surface area contributed by atoms with E-state index >= 15 is 0 Å². The number of fused-ring (bicyclic) bond motifs is 1. The van der Waals surface area contributed by atoms with E-state index in [1.807, 2.05) is 9.21 Å². The molecular formula is C22H23F5N6O2S. The first kappa shape index (κ1) is 24.8. The zero-order valence-corrected chi connectivity index (χ0v) is 20.2. The molecule has 3 aromatic rings. The second kappa shape index (κ2) is 8.91. The van der Waals surface area contributed by atoms with Gasteiger partial charge in [-0.15, -0.1) is 0 Å². The smallest absolute Gasteiger partial charge is 0.419 e. The predicted molar refractivity (Wildman–Crippen MR) is 122 cm³/mol. The molecule has 5 rings (SSSR count). The minimum absolute atomic E-state index is 0.0288. The maximum absolute atomic E-state index is 14.7. The lowest BCUT2D eigenvalue weighted by Crippen LogP contribution is -2.54. The summed E-state index contributed by atoms with van der Waals surface area (Å²) in [4.78, 5) is 11.0. The lowest BCUT2D eigenvalue weighted by molar-refractivity contribution is -0.140. The number of phenols is 1.